The van der Waals surface area contributed by atoms with Crippen LogP contribution in [0.15, 0.2) is 115 Å². The minimum atomic E-state index is -0.594. The van der Waals surface area contributed by atoms with Crippen molar-refractivity contribution in [1.82, 2.24) is 30.2 Å². The molecule has 0 saturated carbocycles. The van der Waals surface area contributed by atoms with E-state index in [-0.39, 0.29) is 55.1 Å². The topological polar surface area (TPSA) is 91.8 Å². The fourth-order valence-corrected chi connectivity index (χ4v) is 8.63. The molecule has 7 aromatic rings. The molecule has 0 atom stereocenters. The van der Waals surface area contributed by atoms with Crippen LogP contribution in [-0.4, -0.2) is 83.5 Å². The Morgan fingerprint density at radius 1 is 0.635 bits per heavy atom. The van der Waals surface area contributed by atoms with Crippen LogP contribution in [0.5, 0.6) is 11.5 Å². The number of nitrogens with zero attached hydrogens (tertiary/aromatic N) is 7. The third-order valence-corrected chi connectivity index (χ3v) is 11.6. The molecule has 0 spiro atoms. The van der Waals surface area contributed by atoms with Gasteiger partial charge in [-0.25, -0.2) is 43.1 Å². The number of ether oxygens (including phenoxy) is 2. The molecule has 2 aliphatic rings. The van der Waals surface area contributed by atoms with Crippen LogP contribution in [-0.2, 0) is 6.54 Å². The van der Waals surface area contributed by atoms with E-state index in [0.29, 0.717) is 63.5 Å². The number of hydrazine groups is 1. The molecule has 2 fully saturated rings. The maximum absolute atomic E-state index is 15.8. The number of benzene rings is 5. The SMILES string of the molecule is COc1ccc(CN2CCC(N(c3nc(-c4ccccc4F)c4ccccc4n3)N(c3nc(-c4ccccc4F)c4ccccc4n3)C3CCNCC3)CC2)cc1OCCF.Cl.Cl. The zero-order chi connectivity index (χ0) is 41.7. The van der Waals surface area contributed by atoms with Gasteiger partial charge in [0, 0.05) is 41.5 Å². The smallest absolute Gasteiger partial charge is 0.246 e. The summed E-state index contributed by atoms with van der Waals surface area (Å²) in [5.74, 6) is 1.14. The minimum absolute atomic E-state index is 0. The van der Waals surface area contributed by atoms with E-state index < -0.39 is 6.67 Å². The van der Waals surface area contributed by atoms with Gasteiger partial charge in [-0.3, -0.25) is 4.90 Å². The molecule has 0 aliphatic carbocycles. The van der Waals surface area contributed by atoms with Gasteiger partial charge >= 0.3 is 0 Å². The van der Waals surface area contributed by atoms with Crippen molar-refractivity contribution in [2.75, 3.05) is 56.6 Å². The summed E-state index contributed by atoms with van der Waals surface area (Å²) in [5.41, 5.74) is 4.13. The first kappa shape index (κ1) is 45.3. The number of rotatable bonds is 13. The first-order valence-electron chi connectivity index (χ1n) is 20.9. The molecule has 5 aromatic carbocycles. The predicted octanol–water partition coefficient (Wildman–Crippen LogP) is 10.0. The zero-order valence-electron chi connectivity index (χ0n) is 34.8. The highest BCUT2D eigenvalue weighted by Crippen LogP contribution is 2.38. The van der Waals surface area contributed by atoms with Crippen LogP contribution in [0, 0.1) is 11.6 Å². The average Bonchev–Trinajstić information content (AvgIpc) is 3.30. The van der Waals surface area contributed by atoms with Gasteiger partial charge in [0.2, 0.25) is 11.9 Å². The van der Waals surface area contributed by atoms with Crippen molar-refractivity contribution in [1.29, 1.82) is 0 Å². The van der Waals surface area contributed by atoms with Crippen LogP contribution < -0.4 is 24.8 Å². The molecule has 9 rings (SSSR count). The lowest BCUT2D eigenvalue weighted by molar-refractivity contribution is 0.196. The highest BCUT2D eigenvalue weighted by atomic mass is 35.5. The second-order valence-corrected chi connectivity index (χ2v) is 15.4. The Morgan fingerprint density at radius 2 is 1.14 bits per heavy atom. The molecule has 328 valence electrons. The summed E-state index contributed by atoms with van der Waals surface area (Å²) in [7, 11) is 1.57. The number of likely N-dealkylation sites (tertiary alicyclic amines) is 1. The number of para-hydroxylation sites is 2. The molecule has 15 heteroatoms. The Bertz CT molecular complexity index is 2650. The minimum Gasteiger partial charge on any atom is -0.493 e. The lowest BCUT2D eigenvalue weighted by Gasteiger charge is -2.47. The second kappa shape index (κ2) is 20.6. The standard InChI is InChI=1S/C48H47F3N8O2.2ClH/c1-60-43-19-18-32(30-44(43)61-29-24-49)31-57-27-22-34(23-28-57)59(48-54-42-17-9-5-13-38(42)46(56-48)36-11-3-7-15-40(36)51)58(33-20-25-52-26-21-33)47-53-41-16-8-4-12-37(41)45(55-47)35-10-2-6-14-39(35)50;;/h2-19,30,33-34,52H,20-29,31H2,1H3;2*1H. The van der Waals surface area contributed by atoms with Crippen molar-refractivity contribution >= 4 is 58.5 Å². The molecule has 1 N–H and O–H groups in total. The Balaban J connectivity index is 0.00000298. The number of methoxy groups -OCH3 is 1. The monoisotopic (exact) mass is 896 g/mol. The van der Waals surface area contributed by atoms with E-state index in [2.05, 4.69) is 20.2 Å². The van der Waals surface area contributed by atoms with Crippen LogP contribution >= 0.6 is 24.8 Å². The molecule has 0 amide bonds. The van der Waals surface area contributed by atoms with E-state index in [1.807, 2.05) is 78.9 Å². The van der Waals surface area contributed by atoms with Crippen molar-refractivity contribution < 1.29 is 22.6 Å². The molecule has 0 radical (unpaired) electrons. The number of halogens is 5. The molecular weight excluding hydrogens is 848 g/mol. The number of aromatic nitrogens is 4. The number of nitrogens with one attached hydrogen (secondary N) is 1. The van der Waals surface area contributed by atoms with Gasteiger partial charge in [0.25, 0.3) is 0 Å². The normalized spacial score (nSPS) is 14.8. The van der Waals surface area contributed by atoms with Gasteiger partial charge in [-0.2, -0.15) is 0 Å². The van der Waals surface area contributed by atoms with Gasteiger partial charge in [0.15, 0.2) is 11.5 Å². The highest BCUT2D eigenvalue weighted by Gasteiger charge is 2.38. The molecule has 0 bridgehead atoms. The number of fused-ring (bicyclic) bond motifs is 2. The van der Waals surface area contributed by atoms with Gasteiger partial charge in [-0.15, -0.1) is 24.8 Å². The van der Waals surface area contributed by atoms with E-state index in [1.54, 1.807) is 31.4 Å². The Labute approximate surface area is 377 Å². The van der Waals surface area contributed by atoms with E-state index in [1.165, 1.54) is 12.1 Å². The van der Waals surface area contributed by atoms with Crippen LogP contribution in [0.2, 0.25) is 0 Å². The Morgan fingerprint density at radius 3 is 1.67 bits per heavy atom. The molecule has 2 aliphatic heterocycles. The first-order valence-corrected chi connectivity index (χ1v) is 20.9. The molecule has 0 unspecified atom stereocenters. The number of piperidine rings is 2. The fourth-order valence-electron chi connectivity index (χ4n) is 8.63. The fraction of sp³-hybridized carbons (Fsp3) is 0.292. The predicted molar refractivity (Wildman–Crippen MR) is 248 cm³/mol. The van der Waals surface area contributed by atoms with Gasteiger partial charge in [-0.05, 0) is 92.9 Å². The molecule has 4 heterocycles. The van der Waals surface area contributed by atoms with Crippen molar-refractivity contribution in [3.8, 4) is 34.0 Å². The highest BCUT2D eigenvalue weighted by molar-refractivity contribution is 5.95. The average molecular weight is 898 g/mol. The summed E-state index contributed by atoms with van der Waals surface area (Å²) in [6.07, 6.45) is 3.00. The third kappa shape index (κ3) is 9.62. The summed E-state index contributed by atoms with van der Waals surface area (Å²) in [4.78, 5) is 23.4. The Hall–Kier alpha value is -5.73. The van der Waals surface area contributed by atoms with Gasteiger partial charge < -0.3 is 14.8 Å². The lowest BCUT2D eigenvalue weighted by atomic mass is 10.0. The van der Waals surface area contributed by atoms with Crippen LogP contribution in [0.4, 0.5) is 25.1 Å². The molecule has 63 heavy (non-hydrogen) atoms. The van der Waals surface area contributed by atoms with E-state index in [4.69, 9.17) is 29.4 Å². The third-order valence-electron chi connectivity index (χ3n) is 11.6. The first-order chi connectivity index (χ1) is 30.0. The molecule has 2 aromatic heterocycles. The van der Waals surface area contributed by atoms with Gasteiger partial charge in [0.05, 0.1) is 41.6 Å². The molecule has 10 nitrogen and oxygen atoms in total. The number of hydrogen-bond donors (Lipinski definition) is 1. The summed E-state index contributed by atoms with van der Waals surface area (Å²) in [6, 6.07) is 34.4. The second-order valence-electron chi connectivity index (χ2n) is 15.4. The van der Waals surface area contributed by atoms with E-state index in [9.17, 15) is 4.39 Å². The quantitative estimate of drug-likeness (QED) is 0.113. The van der Waals surface area contributed by atoms with Crippen LogP contribution in [0.1, 0.15) is 31.2 Å². The summed E-state index contributed by atoms with van der Waals surface area (Å²) >= 11 is 0. The summed E-state index contributed by atoms with van der Waals surface area (Å²) in [6.45, 7) is 3.04. The maximum Gasteiger partial charge on any atom is 0.246 e. The van der Waals surface area contributed by atoms with E-state index in [0.717, 1.165) is 68.2 Å². The van der Waals surface area contributed by atoms with Gasteiger partial charge in [0.1, 0.15) is 24.9 Å². The van der Waals surface area contributed by atoms with Gasteiger partial charge in [-0.1, -0.05) is 66.7 Å². The summed E-state index contributed by atoms with van der Waals surface area (Å²) < 4.78 is 55.7. The van der Waals surface area contributed by atoms with Crippen LogP contribution in [0.25, 0.3) is 44.3 Å². The maximum atomic E-state index is 15.8. The van der Waals surface area contributed by atoms with Crippen LogP contribution in [0.3, 0.4) is 0 Å². The van der Waals surface area contributed by atoms with E-state index >= 15 is 8.78 Å². The number of hydrogen-bond acceptors (Lipinski definition) is 10. The number of anilines is 2. The van der Waals surface area contributed by atoms with Crippen molar-refractivity contribution in [2.45, 2.75) is 44.3 Å². The molecule has 2 saturated heterocycles. The van der Waals surface area contributed by atoms with Crippen molar-refractivity contribution in [3.63, 3.8) is 0 Å². The van der Waals surface area contributed by atoms with Crippen molar-refractivity contribution in [2.24, 2.45) is 0 Å². The van der Waals surface area contributed by atoms with Crippen molar-refractivity contribution in [3.05, 3.63) is 132 Å². The largest absolute Gasteiger partial charge is 0.493 e. The lowest BCUT2D eigenvalue weighted by Crippen LogP contribution is -2.59. The zero-order valence-corrected chi connectivity index (χ0v) is 36.4. The summed E-state index contributed by atoms with van der Waals surface area (Å²) in [5, 5.41) is 9.31. The number of alkyl halides is 1. The Kier molecular flexibility index (Phi) is 14.8. The molecular formula is C48H49Cl2F3N8O2.